The maximum atomic E-state index is 10.4. The zero-order valence-electron chi connectivity index (χ0n) is 6.90. The van der Waals surface area contributed by atoms with Gasteiger partial charge in [0.1, 0.15) is 12.1 Å². The first-order valence-electron chi connectivity index (χ1n) is 3.59. The molecule has 0 fully saturated rings. The summed E-state index contributed by atoms with van der Waals surface area (Å²) in [5.74, 6) is 0.270. The van der Waals surface area contributed by atoms with Gasteiger partial charge in [0.25, 0.3) is 0 Å². The van der Waals surface area contributed by atoms with Gasteiger partial charge in [0.2, 0.25) is 0 Å². The van der Waals surface area contributed by atoms with Crippen LogP contribution in [0.1, 0.15) is 6.92 Å². The fourth-order valence-electron chi connectivity index (χ4n) is 1.24. The number of aliphatic imine (C=N–C) groups is 1. The average Bonchev–Trinajstić information content (AvgIpc) is 2.27. The third-order valence-electron chi connectivity index (χ3n) is 2.01. The Labute approximate surface area is 75.2 Å². The fraction of sp³-hybridized carbons (Fsp3) is 0.833. The van der Waals surface area contributed by atoms with Crippen LogP contribution in [0.15, 0.2) is 4.99 Å². The van der Waals surface area contributed by atoms with Crippen molar-refractivity contribution in [1.82, 2.24) is 4.90 Å². The molecule has 1 rings (SSSR count). The Kier molecular flexibility index (Phi) is 2.52. The van der Waals surface area contributed by atoms with E-state index < -0.39 is 4.92 Å². The maximum Gasteiger partial charge on any atom is 0.425 e. The second kappa shape index (κ2) is 3.26. The molecule has 0 aliphatic carbocycles. The number of likely N-dealkylation sites (N-methyl/N-ethyl adjacent to an activating group) is 1. The Morgan fingerprint density at radius 1 is 1.83 bits per heavy atom. The molecule has 1 aliphatic rings. The van der Waals surface area contributed by atoms with E-state index in [9.17, 15) is 10.1 Å². The molecule has 0 saturated heterocycles. The van der Waals surface area contributed by atoms with E-state index in [0.29, 0.717) is 5.88 Å². The summed E-state index contributed by atoms with van der Waals surface area (Å²) in [6.07, 6.45) is 0. The van der Waals surface area contributed by atoms with Gasteiger partial charge in [-0.3, -0.25) is 4.90 Å². The molecule has 5 nitrogen and oxygen atoms in total. The van der Waals surface area contributed by atoms with E-state index in [-0.39, 0.29) is 18.0 Å². The van der Waals surface area contributed by atoms with Gasteiger partial charge in [0, 0.05) is 0 Å². The van der Waals surface area contributed by atoms with Gasteiger partial charge in [-0.15, -0.1) is 16.6 Å². The van der Waals surface area contributed by atoms with Crippen molar-refractivity contribution in [3.05, 3.63) is 10.1 Å². The van der Waals surface area contributed by atoms with Crippen molar-refractivity contribution in [1.29, 1.82) is 0 Å². The summed E-state index contributed by atoms with van der Waals surface area (Å²) in [5, 5.41) is 10.4. The van der Waals surface area contributed by atoms with E-state index in [1.54, 1.807) is 7.05 Å². The highest BCUT2D eigenvalue weighted by Gasteiger charge is 2.39. The van der Waals surface area contributed by atoms with Crippen LogP contribution in [0, 0.1) is 10.1 Å². The number of alkyl halides is 1. The summed E-state index contributed by atoms with van der Waals surface area (Å²) in [6.45, 7) is 1.82. The third-order valence-corrected chi connectivity index (χ3v) is 2.33. The third kappa shape index (κ3) is 1.36. The normalized spacial score (nSPS) is 28.9. The minimum atomic E-state index is -0.483. The van der Waals surface area contributed by atoms with Crippen LogP contribution < -0.4 is 0 Å². The summed E-state index contributed by atoms with van der Waals surface area (Å²) in [4.78, 5) is 15.3. The summed E-state index contributed by atoms with van der Waals surface area (Å²) in [6, 6.07) is -0.139. The van der Waals surface area contributed by atoms with E-state index in [1.165, 1.54) is 4.90 Å². The van der Waals surface area contributed by atoms with Crippen LogP contribution in [-0.4, -0.2) is 40.8 Å². The molecule has 2 unspecified atom stereocenters. The predicted octanol–water partition coefficient (Wildman–Crippen LogP) is 0.560. The van der Waals surface area contributed by atoms with Gasteiger partial charge in [-0.1, -0.05) is 0 Å². The lowest BCUT2D eigenvalue weighted by molar-refractivity contribution is -0.362. The zero-order chi connectivity index (χ0) is 9.30. The van der Waals surface area contributed by atoms with Gasteiger partial charge in [-0.05, 0) is 11.8 Å². The first kappa shape index (κ1) is 9.25. The van der Waals surface area contributed by atoms with Crippen LogP contribution in [0.4, 0.5) is 0 Å². The van der Waals surface area contributed by atoms with Crippen molar-refractivity contribution in [2.45, 2.75) is 19.0 Å². The summed E-state index contributed by atoms with van der Waals surface area (Å²) >= 11 is 5.63. The quantitative estimate of drug-likeness (QED) is 0.346. The van der Waals surface area contributed by atoms with Crippen LogP contribution in [0.5, 0.6) is 0 Å². The second-order valence-electron chi connectivity index (χ2n) is 2.76. The molecule has 0 radical (unpaired) electrons. The van der Waals surface area contributed by atoms with Crippen LogP contribution in [0.2, 0.25) is 0 Å². The van der Waals surface area contributed by atoms with Gasteiger partial charge in [-0.25, -0.2) is 0 Å². The van der Waals surface area contributed by atoms with Gasteiger partial charge < -0.3 is 10.1 Å². The second-order valence-corrected chi connectivity index (χ2v) is 3.07. The molecule has 1 heterocycles. The predicted molar refractivity (Wildman–Crippen MR) is 46.2 cm³/mol. The van der Waals surface area contributed by atoms with Gasteiger partial charge >= 0.3 is 5.96 Å². The van der Waals surface area contributed by atoms with Crippen LogP contribution >= 0.6 is 11.6 Å². The maximum absolute atomic E-state index is 10.4. The first-order chi connectivity index (χ1) is 5.57. The van der Waals surface area contributed by atoms with Crippen LogP contribution in [0.3, 0.4) is 0 Å². The lowest BCUT2D eigenvalue weighted by atomic mass is 10.2. The lowest BCUT2D eigenvalue weighted by Gasteiger charge is -2.15. The smallest absolute Gasteiger partial charge is 0.390 e. The summed E-state index contributed by atoms with van der Waals surface area (Å²) < 4.78 is 0. The Balaban J connectivity index is 2.81. The fourth-order valence-corrected chi connectivity index (χ4v) is 1.70. The van der Waals surface area contributed by atoms with Gasteiger partial charge in [0.15, 0.2) is 0 Å². The van der Waals surface area contributed by atoms with Gasteiger partial charge in [0.05, 0.1) is 12.9 Å². The highest BCUT2D eigenvalue weighted by atomic mass is 35.5. The number of guanidine groups is 1. The Morgan fingerprint density at radius 3 is 2.67 bits per heavy atom. The van der Waals surface area contributed by atoms with E-state index >= 15 is 0 Å². The van der Waals surface area contributed by atoms with Crippen molar-refractivity contribution in [3.8, 4) is 0 Å². The molecular formula is C6H10ClN3O2. The average molecular weight is 192 g/mol. The largest absolute Gasteiger partial charge is 0.425 e. The molecular weight excluding hydrogens is 182 g/mol. The van der Waals surface area contributed by atoms with Crippen molar-refractivity contribution in [2.24, 2.45) is 4.99 Å². The highest BCUT2D eigenvalue weighted by Crippen LogP contribution is 2.16. The minimum absolute atomic E-state index is 0.0490. The Morgan fingerprint density at radius 2 is 2.42 bits per heavy atom. The molecule has 0 spiro atoms. The minimum Gasteiger partial charge on any atom is -0.390 e. The number of hydrogen-bond donors (Lipinski definition) is 0. The molecule has 0 aromatic carbocycles. The van der Waals surface area contributed by atoms with Crippen molar-refractivity contribution in [2.75, 3.05) is 12.9 Å². The van der Waals surface area contributed by atoms with E-state index in [2.05, 4.69) is 4.99 Å². The summed E-state index contributed by atoms with van der Waals surface area (Å²) in [7, 11) is 1.64. The molecule has 0 aromatic heterocycles. The highest BCUT2D eigenvalue weighted by molar-refractivity contribution is 6.18. The van der Waals surface area contributed by atoms with Crippen LogP contribution in [0.25, 0.3) is 0 Å². The molecule has 6 heteroatoms. The number of nitro groups is 1. The van der Waals surface area contributed by atoms with Crippen molar-refractivity contribution < 1.29 is 4.92 Å². The molecule has 1 aliphatic heterocycles. The Hall–Kier alpha value is -0.840. The molecule has 12 heavy (non-hydrogen) atoms. The zero-order valence-corrected chi connectivity index (χ0v) is 7.65. The standard InChI is InChI=1S/C6H10ClN3O2/c1-4-5(3-7)9(2)6(8-4)10(11)12/h4-5H,3H2,1-2H3. The SMILES string of the molecule is CC1N=C([N+](=O)[O-])N(C)C1CCl. The van der Waals surface area contributed by atoms with E-state index in [0.717, 1.165) is 0 Å². The number of rotatable bonds is 1. The van der Waals surface area contributed by atoms with Crippen LogP contribution in [-0.2, 0) is 0 Å². The molecule has 0 bridgehead atoms. The number of hydrogen-bond acceptors (Lipinski definition) is 4. The molecule has 2 atom stereocenters. The van der Waals surface area contributed by atoms with E-state index in [4.69, 9.17) is 11.6 Å². The molecule has 0 aromatic rings. The van der Waals surface area contributed by atoms with Crippen molar-refractivity contribution in [3.63, 3.8) is 0 Å². The molecule has 0 saturated carbocycles. The van der Waals surface area contributed by atoms with Crippen molar-refractivity contribution >= 4 is 17.6 Å². The molecule has 0 amide bonds. The molecule has 68 valence electrons. The first-order valence-corrected chi connectivity index (χ1v) is 4.12. The number of halogens is 1. The number of nitrogens with zero attached hydrogens (tertiary/aromatic N) is 3. The lowest BCUT2D eigenvalue weighted by Crippen LogP contribution is -2.39. The topological polar surface area (TPSA) is 58.7 Å². The Bertz CT molecular complexity index is 231. The van der Waals surface area contributed by atoms with Gasteiger partial charge in [-0.2, -0.15) is 0 Å². The van der Waals surface area contributed by atoms with E-state index in [1.807, 2.05) is 6.92 Å². The molecule has 0 N–H and O–H groups in total. The summed E-state index contributed by atoms with van der Waals surface area (Å²) in [5.41, 5.74) is 0. The monoisotopic (exact) mass is 191 g/mol.